The highest BCUT2D eigenvalue weighted by atomic mass is 79.9. The molecular weight excluding hydrogens is 472 g/mol. The Balaban J connectivity index is -0.00000192. The zero-order chi connectivity index (χ0) is 17.5. The Morgan fingerprint density at radius 3 is 1.78 bits per heavy atom. The molecule has 0 fully saturated rings. The molecule has 0 saturated heterocycles. The third-order valence-electron chi connectivity index (χ3n) is 4.17. The van der Waals surface area contributed by atoms with E-state index in [1.807, 2.05) is 0 Å². The number of aryl methyl sites for hydroxylation is 1. The summed E-state index contributed by atoms with van der Waals surface area (Å²) < 4.78 is 7.34. The number of hydrogen-bond acceptors (Lipinski definition) is 3. The van der Waals surface area contributed by atoms with Crippen LogP contribution >= 0.6 is 17.0 Å². The van der Waals surface area contributed by atoms with Crippen LogP contribution in [-0.2, 0) is 16.1 Å². The van der Waals surface area contributed by atoms with Gasteiger partial charge in [-0.15, -0.1) is 17.0 Å². The fourth-order valence-electron chi connectivity index (χ4n) is 2.68. The van der Waals surface area contributed by atoms with Crippen LogP contribution in [0.5, 0.6) is 0 Å². The van der Waals surface area contributed by atoms with Gasteiger partial charge in [-0.1, -0.05) is 57.6 Å². The van der Waals surface area contributed by atoms with Crippen LogP contribution in [0.1, 0.15) is 71.1 Å². The standard InChI is InChI=1S/C21H34NO2.2BrH.H3N/c1-20(2)21(23)24-19-15-10-8-6-4-3-5-7-9-12-16-22-17-13-11-14-18-22;;;/h11,13-14,17-18H,1,3-10,12,15-16,19H2,2H3;2*1H;1H3/q+1;;;/p-1. The van der Waals surface area contributed by atoms with Gasteiger partial charge in [-0.3, -0.25) is 0 Å². The van der Waals surface area contributed by atoms with Crippen molar-refractivity contribution in [1.29, 1.82) is 0 Å². The van der Waals surface area contributed by atoms with Crippen LogP contribution in [0.15, 0.2) is 42.7 Å². The minimum Gasteiger partial charge on any atom is -1.00 e. The lowest BCUT2D eigenvalue weighted by atomic mass is 10.1. The van der Waals surface area contributed by atoms with Crippen molar-refractivity contribution < 1.29 is 31.1 Å². The Morgan fingerprint density at radius 1 is 0.852 bits per heavy atom. The fourth-order valence-corrected chi connectivity index (χ4v) is 2.68. The minimum atomic E-state index is -0.263. The Kier molecular flexibility index (Phi) is 24.8. The monoisotopic (exact) mass is 508 g/mol. The Morgan fingerprint density at radius 2 is 1.30 bits per heavy atom. The first kappa shape index (κ1) is 31.0. The molecule has 0 aliphatic rings. The molecule has 0 amide bonds. The first-order valence-corrected chi connectivity index (χ1v) is 9.47. The second kappa shape index (κ2) is 21.6. The van der Waals surface area contributed by atoms with Crippen LogP contribution in [0.4, 0.5) is 0 Å². The quantitative estimate of drug-likeness (QED) is 0.181. The lowest BCUT2D eigenvalue weighted by Crippen LogP contribution is -3.00. The summed E-state index contributed by atoms with van der Waals surface area (Å²) in [5, 5.41) is 0. The second-order valence-corrected chi connectivity index (χ2v) is 6.57. The molecule has 0 spiro atoms. The maximum atomic E-state index is 11.2. The fraction of sp³-hybridized carbons (Fsp3) is 0.619. The van der Waals surface area contributed by atoms with Gasteiger partial charge in [0.1, 0.15) is 6.54 Å². The van der Waals surface area contributed by atoms with Crippen LogP contribution in [0.3, 0.4) is 0 Å². The molecule has 158 valence electrons. The molecular formula is C21H38Br2N2O2. The van der Waals surface area contributed by atoms with Crippen molar-refractivity contribution in [3.05, 3.63) is 42.7 Å². The van der Waals surface area contributed by atoms with Crippen LogP contribution in [0.2, 0.25) is 0 Å². The number of hydrogen-bond donors (Lipinski definition) is 1. The summed E-state index contributed by atoms with van der Waals surface area (Å²) in [6, 6.07) is 6.24. The summed E-state index contributed by atoms with van der Waals surface area (Å²) in [7, 11) is 0. The van der Waals surface area contributed by atoms with E-state index in [0.717, 1.165) is 19.4 Å². The van der Waals surface area contributed by atoms with E-state index in [9.17, 15) is 4.79 Å². The van der Waals surface area contributed by atoms with E-state index in [2.05, 4.69) is 41.7 Å². The van der Waals surface area contributed by atoms with Gasteiger partial charge < -0.3 is 27.9 Å². The molecule has 0 atom stereocenters. The van der Waals surface area contributed by atoms with Crippen molar-refractivity contribution in [1.82, 2.24) is 6.15 Å². The molecule has 0 bridgehead atoms. The predicted octanol–water partition coefficient (Wildman–Crippen LogP) is 2.74. The van der Waals surface area contributed by atoms with Crippen LogP contribution in [0, 0.1) is 0 Å². The van der Waals surface area contributed by atoms with E-state index in [1.54, 1.807) is 6.92 Å². The normalized spacial score (nSPS) is 9.37. The zero-order valence-electron chi connectivity index (χ0n) is 16.8. The molecule has 6 heteroatoms. The number of carbonyl (C=O) groups is 1. The number of aromatic nitrogens is 1. The van der Waals surface area contributed by atoms with Gasteiger partial charge in [0.05, 0.1) is 6.61 Å². The van der Waals surface area contributed by atoms with E-state index in [0.29, 0.717) is 12.2 Å². The first-order chi connectivity index (χ1) is 11.7. The van der Waals surface area contributed by atoms with Crippen LogP contribution in [0.25, 0.3) is 0 Å². The molecule has 1 rings (SSSR count). The number of ether oxygens (including phenoxy) is 1. The predicted molar refractivity (Wildman–Crippen MR) is 114 cm³/mol. The maximum Gasteiger partial charge on any atom is 0.333 e. The molecule has 1 aromatic heterocycles. The first-order valence-electron chi connectivity index (χ1n) is 9.47. The summed E-state index contributed by atoms with van der Waals surface area (Å²) >= 11 is 0. The van der Waals surface area contributed by atoms with E-state index >= 15 is 0 Å². The Labute approximate surface area is 186 Å². The molecule has 0 saturated carbocycles. The zero-order valence-corrected chi connectivity index (χ0v) is 20.1. The number of halogens is 2. The summed E-state index contributed by atoms with van der Waals surface area (Å²) in [5.74, 6) is -0.263. The number of rotatable bonds is 14. The summed E-state index contributed by atoms with van der Waals surface area (Å²) in [6.07, 6.45) is 16.9. The van der Waals surface area contributed by atoms with Crippen molar-refractivity contribution in [2.45, 2.75) is 77.7 Å². The van der Waals surface area contributed by atoms with E-state index in [4.69, 9.17) is 4.74 Å². The summed E-state index contributed by atoms with van der Waals surface area (Å²) in [6.45, 7) is 6.92. The van der Waals surface area contributed by atoms with E-state index < -0.39 is 0 Å². The number of carbonyl (C=O) groups excluding carboxylic acids is 1. The minimum absolute atomic E-state index is 0. The molecule has 27 heavy (non-hydrogen) atoms. The topological polar surface area (TPSA) is 65.2 Å². The van der Waals surface area contributed by atoms with Gasteiger partial charge in [-0.05, 0) is 19.8 Å². The van der Waals surface area contributed by atoms with Gasteiger partial charge >= 0.3 is 5.97 Å². The largest absolute Gasteiger partial charge is 1.00 e. The molecule has 1 heterocycles. The molecule has 0 aliphatic carbocycles. The molecule has 0 aromatic carbocycles. The molecule has 3 N–H and O–H groups in total. The van der Waals surface area contributed by atoms with Gasteiger partial charge in [-0.2, -0.15) is 0 Å². The molecule has 0 radical (unpaired) electrons. The molecule has 4 nitrogen and oxygen atoms in total. The maximum absolute atomic E-state index is 11.2. The third kappa shape index (κ3) is 18.4. The average molecular weight is 510 g/mol. The van der Waals surface area contributed by atoms with Crippen LogP contribution in [-0.4, -0.2) is 12.6 Å². The smallest absolute Gasteiger partial charge is 0.333 e. The van der Waals surface area contributed by atoms with Gasteiger partial charge in [-0.25, -0.2) is 9.36 Å². The highest BCUT2D eigenvalue weighted by Gasteiger charge is 2.02. The third-order valence-corrected chi connectivity index (χ3v) is 4.17. The number of esters is 1. The number of unbranched alkanes of at least 4 members (excludes halogenated alkanes) is 9. The van der Waals surface area contributed by atoms with Gasteiger partial charge in [0, 0.05) is 24.1 Å². The van der Waals surface area contributed by atoms with Crippen LogP contribution < -0.4 is 27.7 Å². The highest BCUT2D eigenvalue weighted by molar-refractivity contribution is 8.93. The van der Waals surface area contributed by atoms with E-state index in [-0.39, 0.29) is 46.1 Å². The SMILES string of the molecule is Br.C=C(C)C(=O)OCCCCCCCCCCCC[n+]1ccccc1.N.[Br-]. The lowest BCUT2D eigenvalue weighted by molar-refractivity contribution is -0.697. The Bertz CT molecular complexity index is 471. The summed E-state index contributed by atoms with van der Waals surface area (Å²) in [4.78, 5) is 11.2. The number of pyridine rings is 1. The number of nitrogens with zero attached hydrogens (tertiary/aromatic N) is 1. The van der Waals surface area contributed by atoms with Gasteiger partial charge in [0.15, 0.2) is 12.4 Å². The molecule has 1 aromatic rings. The van der Waals surface area contributed by atoms with Crippen molar-refractivity contribution in [2.75, 3.05) is 6.61 Å². The van der Waals surface area contributed by atoms with Crippen molar-refractivity contribution >= 4 is 23.0 Å². The van der Waals surface area contributed by atoms with E-state index in [1.165, 1.54) is 51.4 Å². The Hall–Kier alpha value is -0.720. The van der Waals surface area contributed by atoms with Crippen molar-refractivity contribution in [3.8, 4) is 0 Å². The van der Waals surface area contributed by atoms with Crippen molar-refractivity contribution in [2.24, 2.45) is 0 Å². The average Bonchev–Trinajstić information content (AvgIpc) is 2.59. The van der Waals surface area contributed by atoms with Gasteiger partial charge in [0.2, 0.25) is 0 Å². The molecule has 0 unspecified atom stereocenters. The lowest BCUT2D eigenvalue weighted by Gasteiger charge is -2.04. The second-order valence-electron chi connectivity index (χ2n) is 6.57. The summed E-state index contributed by atoms with van der Waals surface area (Å²) in [5.41, 5.74) is 0.484. The molecule has 0 aliphatic heterocycles. The van der Waals surface area contributed by atoms with Crippen molar-refractivity contribution in [3.63, 3.8) is 0 Å². The highest BCUT2D eigenvalue weighted by Crippen LogP contribution is 2.10. The van der Waals surface area contributed by atoms with Gasteiger partial charge in [0.25, 0.3) is 0 Å².